The van der Waals surface area contributed by atoms with Crippen LogP contribution in [0.3, 0.4) is 0 Å². The number of benzene rings is 1. The van der Waals surface area contributed by atoms with E-state index in [1.54, 1.807) is 6.07 Å². The van der Waals surface area contributed by atoms with Crippen LogP contribution in [-0.4, -0.2) is 40.3 Å². The molecule has 2 N–H and O–H groups in total. The van der Waals surface area contributed by atoms with Crippen LogP contribution in [0, 0.1) is 0 Å². The lowest BCUT2D eigenvalue weighted by atomic mass is 9.91. The zero-order valence-electron chi connectivity index (χ0n) is 15.7. The fourth-order valence-electron chi connectivity index (χ4n) is 4.48. The summed E-state index contributed by atoms with van der Waals surface area (Å²) in [6.07, 6.45) is 2.67. The number of alkyl halides is 3. The minimum absolute atomic E-state index is 0.0147. The Labute approximate surface area is 161 Å². The van der Waals surface area contributed by atoms with Crippen molar-refractivity contribution in [3.8, 4) is 0 Å². The molecule has 0 atom stereocenters. The molecule has 152 valence electrons. The summed E-state index contributed by atoms with van der Waals surface area (Å²) in [5, 5.41) is 10.5. The number of aromatic amines is 1. The number of carbonyl (C=O) groups is 1. The van der Waals surface area contributed by atoms with Crippen LogP contribution in [0.4, 0.5) is 18.0 Å². The van der Waals surface area contributed by atoms with Crippen molar-refractivity contribution in [2.75, 3.05) is 13.1 Å². The summed E-state index contributed by atoms with van der Waals surface area (Å²) in [7, 11) is 0. The number of likely N-dealkylation sites (tertiary alicyclic amines) is 1. The minimum atomic E-state index is -4.42. The largest absolute Gasteiger partial charge is 0.418 e. The van der Waals surface area contributed by atoms with Crippen molar-refractivity contribution in [3.05, 3.63) is 29.5 Å². The summed E-state index contributed by atoms with van der Waals surface area (Å²) < 4.78 is 39.6. The van der Waals surface area contributed by atoms with Gasteiger partial charge in [0.25, 0.3) is 0 Å². The second-order valence-electron chi connectivity index (χ2n) is 7.88. The van der Waals surface area contributed by atoms with Crippen molar-refractivity contribution in [2.24, 2.45) is 0 Å². The quantitative estimate of drug-likeness (QED) is 0.768. The maximum Gasteiger partial charge on any atom is 0.418 e. The van der Waals surface area contributed by atoms with Gasteiger partial charge in [0, 0.05) is 36.1 Å². The normalized spacial score (nSPS) is 19.9. The van der Waals surface area contributed by atoms with Crippen molar-refractivity contribution in [1.29, 1.82) is 0 Å². The number of nitrogens with zero attached hydrogens (tertiary/aromatic N) is 2. The first-order chi connectivity index (χ1) is 13.4. The summed E-state index contributed by atoms with van der Waals surface area (Å²) in [4.78, 5) is 14.3. The van der Waals surface area contributed by atoms with E-state index in [1.165, 1.54) is 25.3 Å². The number of carbonyl (C=O) groups excluding carboxylic acids is 1. The second kappa shape index (κ2) is 7.64. The molecule has 2 aromatic rings. The molecule has 0 radical (unpaired) electrons. The number of piperidine rings is 1. The Kier molecular flexibility index (Phi) is 5.21. The van der Waals surface area contributed by atoms with Crippen molar-refractivity contribution in [1.82, 2.24) is 20.4 Å². The molecule has 8 heteroatoms. The minimum Gasteiger partial charge on any atom is -0.335 e. The average molecular weight is 394 g/mol. The number of rotatable bonds is 2. The number of urea groups is 1. The first-order valence-corrected chi connectivity index (χ1v) is 10.0. The molecule has 0 spiro atoms. The Balaban J connectivity index is 1.42. The number of hydrogen-bond acceptors (Lipinski definition) is 2. The molecule has 1 aromatic heterocycles. The number of aromatic nitrogens is 2. The Hall–Kier alpha value is -2.25. The third-order valence-corrected chi connectivity index (χ3v) is 6.04. The number of halogens is 3. The molecule has 2 heterocycles. The lowest BCUT2D eigenvalue weighted by Crippen LogP contribution is -2.48. The van der Waals surface area contributed by atoms with Gasteiger partial charge in [0.1, 0.15) is 5.52 Å². The monoisotopic (exact) mass is 394 g/mol. The molecule has 5 nitrogen and oxygen atoms in total. The fourth-order valence-corrected chi connectivity index (χ4v) is 4.48. The smallest absolute Gasteiger partial charge is 0.335 e. The first kappa shape index (κ1) is 19.1. The zero-order chi connectivity index (χ0) is 19.7. The lowest BCUT2D eigenvalue weighted by molar-refractivity contribution is -0.136. The molecule has 1 aromatic carbocycles. The predicted octanol–water partition coefficient (Wildman–Crippen LogP) is 4.80. The highest BCUT2D eigenvalue weighted by Crippen LogP contribution is 2.37. The van der Waals surface area contributed by atoms with Crippen LogP contribution in [0.25, 0.3) is 10.9 Å². The molecular weight excluding hydrogens is 369 g/mol. The SMILES string of the molecule is O=C(NC1CCCCC1)N1CCC(c2[nH]nc3c(C(F)(F)F)cccc23)CC1. The van der Waals surface area contributed by atoms with Gasteiger partial charge in [-0.05, 0) is 31.7 Å². The van der Waals surface area contributed by atoms with Gasteiger partial charge in [-0.1, -0.05) is 31.4 Å². The standard InChI is InChI=1S/C20H25F3N4O/c21-20(22,23)16-8-4-7-15-17(25-26-18(15)16)13-9-11-27(12-10-13)19(28)24-14-5-2-1-3-6-14/h4,7-8,13-14H,1-3,5-6,9-12H2,(H,24,28)(H,25,26). The van der Waals surface area contributed by atoms with E-state index in [0.29, 0.717) is 31.3 Å². The van der Waals surface area contributed by atoms with Crippen LogP contribution in [0.5, 0.6) is 0 Å². The topological polar surface area (TPSA) is 61.0 Å². The first-order valence-electron chi connectivity index (χ1n) is 10.0. The number of fused-ring (bicyclic) bond motifs is 1. The molecule has 0 bridgehead atoms. The van der Waals surface area contributed by atoms with Gasteiger partial charge in [-0.2, -0.15) is 18.3 Å². The van der Waals surface area contributed by atoms with Crippen molar-refractivity contribution < 1.29 is 18.0 Å². The number of H-pyrrole nitrogens is 1. The molecule has 0 unspecified atom stereocenters. The van der Waals surface area contributed by atoms with Gasteiger partial charge in [-0.15, -0.1) is 0 Å². The van der Waals surface area contributed by atoms with Crippen LogP contribution in [-0.2, 0) is 6.18 Å². The van der Waals surface area contributed by atoms with Crippen molar-refractivity contribution in [2.45, 2.75) is 63.1 Å². The summed E-state index contributed by atoms with van der Waals surface area (Å²) >= 11 is 0. The molecule has 1 saturated carbocycles. The fraction of sp³-hybridized carbons (Fsp3) is 0.600. The molecule has 1 aliphatic heterocycles. The van der Waals surface area contributed by atoms with E-state index < -0.39 is 11.7 Å². The van der Waals surface area contributed by atoms with E-state index in [2.05, 4.69) is 15.5 Å². The van der Waals surface area contributed by atoms with Crippen molar-refractivity contribution in [3.63, 3.8) is 0 Å². The third-order valence-electron chi connectivity index (χ3n) is 6.04. The summed E-state index contributed by atoms with van der Waals surface area (Å²) in [6, 6.07) is 4.43. The number of para-hydroxylation sites is 1. The van der Waals surface area contributed by atoms with Crippen LogP contribution < -0.4 is 5.32 Å². The molecule has 28 heavy (non-hydrogen) atoms. The second-order valence-corrected chi connectivity index (χ2v) is 7.88. The van der Waals surface area contributed by atoms with Crippen LogP contribution in [0.2, 0.25) is 0 Å². The predicted molar refractivity (Wildman–Crippen MR) is 100 cm³/mol. The molecular formula is C20H25F3N4O. The maximum atomic E-state index is 13.2. The van der Waals surface area contributed by atoms with Crippen LogP contribution in [0.1, 0.15) is 62.1 Å². The Morgan fingerprint density at radius 2 is 1.82 bits per heavy atom. The molecule has 4 rings (SSSR count). The Bertz CT molecular complexity index is 834. The van der Waals surface area contributed by atoms with E-state index in [9.17, 15) is 18.0 Å². The van der Waals surface area contributed by atoms with Crippen LogP contribution in [0.15, 0.2) is 18.2 Å². The van der Waals surface area contributed by atoms with Gasteiger partial charge < -0.3 is 10.2 Å². The highest BCUT2D eigenvalue weighted by molar-refractivity contribution is 5.85. The highest BCUT2D eigenvalue weighted by atomic mass is 19.4. The van der Waals surface area contributed by atoms with E-state index in [-0.39, 0.29) is 23.5 Å². The van der Waals surface area contributed by atoms with Crippen molar-refractivity contribution >= 4 is 16.9 Å². The maximum absolute atomic E-state index is 13.2. The van der Waals surface area contributed by atoms with Gasteiger partial charge >= 0.3 is 12.2 Å². The van der Waals surface area contributed by atoms with Gasteiger partial charge in [0.2, 0.25) is 0 Å². The van der Waals surface area contributed by atoms with Gasteiger partial charge in [-0.25, -0.2) is 4.79 Å². The molecule has 2 aliphatic rings. The highest BCUT2D eigenvalue weighted by Gasteiger charge is 2.35. The van der Waals surface area contributed by atoms with Gasteiger partial charge in [0.15, 0.2) is 0 Å². The summed E-state index contributed by atoms with van der Waals surface area (Å²) in [5.41, 5.74) is 0.00713. The average Bonchev–Trinajstić information content (AvgIpc) is 3.12. The molecule has 2 amide bonds. The van der Waals surface area contributed by atoms with E-state index in [4.69, 9.17) is 0 Å². The summed E-state index contributed by atoms with van der Waals surface area (Å²) in [6.45, 7) is 1.20. The van der Waals surface area contributed by atoms with E-state index in [0.717, 1.165) is 24.6 Å². The van der Waals surface area contributed by atoms with Gasteiger partial charge in [-0.3, -0.25) is 5.10 Å². The Morgan fingerprint density at radius 3 is 2.50 bits per heavy atom. The third kappa shape index (κ3) is 3.82. The molecule has 1 saturated heterocycles. The van der Waals surface area contributed by atoms with E-state index >= 15 is 0 Å². The zero-order valence-corrected chi connectivity index (χ0v) is 15.7. The summed E-state index contributed by atoms with van der Waals surface area (Å²) in [5.74, 6) is 0.0761. The lowest BCUT2D eigenvalue weighted by Gasteiger charge is -2.33. The molecule has 1 aliphatic carbocycles. The number of hydrogen-bond donors (Lipinski definition) is 2. The molecule has 2 fully saturated rings. The number of amides is 2. The van der Waals surface area contributed by atoms with Gasteiger partial charge in [0.05, 0.1) is 5.56 Å². The number of nitrogens with one attached hydrogen (secondary N) is 2. The Morgan fingerprint density at radius 1 is 1.11 bits per heavy atom. The van der Waals surface area contributed by atoms with E-state index in [1.807, 2.05) is 4.90 Å². The van der Waals surface area contributed by atoms with Crippen LogP contribution >= 0.6 is 0 Å².